The molecule has 1 fully saturated rings. The van der Waals surface area contributed by atoms with Gasteiger partial charge in [0.15, 0.2) is 0 Å². The normalized spacial score (nSPS) is 18.7. The summed E-state index contributed by atoms with van der Waals surface area (Å²) in [4.78, 5) is 7.97. The number of nitrogens with zero attached hydrogens (tertiary/aromatic N) is 3. The maximum atomic E-state index is 8.75. The minimum atomic E-state index is -0.275. The summed E-state index contributed by atoms with van der Waals surface area (Å²) in [6.45, 7) is 0.419. The molecule has 2 rings (SSSR count). The minimum Gasteiger partial charge on any atom is -0.461 e. The molecule has 0 bridgehead atoms. The number of hydrogen-bond acceptors (Lipinski definition) is 5. The molecule has 1 saturated carbocycles. The van der Waals surface area contributed by atoms with E-state index < -0.39 is 0 Å². The Morgan fingerprint density at radius 3 is 2.72 bits per heavy atom. The highest BCUT2D eigenvalue weighted by Crippen LogP contribution is 2.25. The number of aromatic nitrogens is 2. The lowest BCUT2D eigenvalue weighted by Crippen LogP contribution is -2.45. The fourth-order valence-electron chi connectivity index (χ4n) is 2.26. The average Bonchev–Trinajstić information content (AvgIpc) is 2.62. The van der Waals surface area contributed by atoms with Crippen LogP contribution < -0.4 is 10.5 Å². The van der Waals surface area contributed by atoms with Crippen molar-refractivity contribution in [3.05, 3.63) is 18.0 Å². The Hall–Kier alpha value is -1.67. The first kappa shape index (κ1) is 12.8. The van der Waals surface area contributed by atoms with Crippen LogP contribution in [-0.4, -0.2) is 22.1 Å². The summed E-state index contributed by atoms with van der Waals surface area (Å²) in [5.41, 5.74) is 6.37. The van der Waals surface area contributed by atoms with Gasteiger partial charge in [-0.15, -0.1) is 0 Å². The van der Waals surface area contributed by atoms with Crippen molar-refractivity contribution in [3.8, 4) is 12.1 Å². The second-order valence-electron chi connectivity index (χ2n) is 4.90. The van der Waals surface area contributed by atoms with Gasteiger partial charge in [0.2, 0.25) is 0 Å². The van der Waals surface area contributed by atoms with Gasteiger partial charge in [-0.25, -0.2) is 4.98 Å². The van der Waals surface area contributed by atoms with Crippen LogP contribution in [0.4, 0.5) is 0 Å². The van der Waals surface area contributed by atoms with Crippen LogP contribution in [0.3, 0.4) is 0 Å². The van der Waals surface area contributed by atoms with Crippen LogP contribution in [0.15, 0.2) is 12.3 Å². The minimum absolute atomic E-state index is 0.239. The summed E-state index contributed by atoms with van der Waals surface area (Å²) < 4.78 is 5.55. The third-order valence-electron chi connectivity index (χ3n) is 3.34. The van der Waals surface area contributed by atoms with E-state index in [0.717, 1.165) is 25.7 Å². The van der Waals surface area contributed by atoms with Crippen molar-refractivity contribution in [2.45, 2.75) is 44.1 Å². The van der Waals surface area contributed by atoms with Crippen molar-refractivity contribution in [2.75, 3.05) is 6.61 Å². The quantitative estimate of drug-likeness (QED) is 0.822. The molecule has 5 heteroatoms. The van der Waals surface area contributed by atoms with E-state index in [-0.39, 0.29) is 11.5 Å². The second kappa shape index (κ2) is 5.78. The maximum Gasteiger partial charge on any atom is 0.317 e. The summed E-state index contributed by atoms with van der Waals surface area (Å²) in [6.07, 6.45) is 8.28. The van der Waals surface area contributed by atoms with Crippen LogP contribution in [0, 0.1) is 11.3 Å². The molecule has 0 saturated heterocycles. The van der Waals surface area contributed by atoms with Gasteiger partial charge >= 0.3 is 6.01 Å². The van der Waals surface area contributed by atoms with Gasteiger partial charge in [0.1, 0.15) is 18.4 Å². The van der Waals surface area contributed by atoms with Gasteiger partial charge in [-0.05, 0) is 18.9 Å². The first-order valence-electron chi connectivity index (χ1n) is 6.37. The second-order valence-corrected chi connectivity index (χ2v) is 4.90. The summed E-state index contributed by atoms with van der Waals surface area (Å²) in [5.74, 6) is 0. The highest BCUT2D eigenvalue weighted by molar-refractivity contribution is 5.19. The van der Waals surface area contributed by atoms with Crippen molar-refractivity contribution in [1.29, 1.82) is 5.26 Å². The van der Waals surface area contributed by atoms with Gasteiger partial charge < -0.3 is 10.5 Å². The van der Waals surface area contributed by atoms with E-state index in [1.165, 1.54) is 19.0 Å². The van der Waals surface area contributed by atoms with E-state index in [2.05, 4.69) is 9.97 Å². The maximum absolute atomic E-state index is 8.75. The zero-order valence-electron chi connectivity index (χ0n) is 10.4. The zero-order chi connectivity index (χ0) is 12.8. The Morgan fingerprint density at radius 1 is 1.33 bits per heavy atom. The van der Waals surface area contributed by atoms with Crippen molar-refractivity contribution < 1.29 is 4.74 Å². The summed E-state index contributed by atoms with van der Waals surface area (Å²) in [5, 5.41) is 8.75. The SMILES string of the molecule is N#Cc1ccnc(OCC2(N)CCCCCC2)n1. The number of nitrogens with two attached hydrogens (primary N) is 1. The van der Waals surface area contributed by atoms with E-state index in [4.69, 9.17) is 15.7 Å². The molecule has 1 aromatic heterocycles. The molecule has 0 aliphatic heterocycles. The Morgan fingerprint density at radius 2 is 2.06 bits per heavy atom. The highest BCUT2D eigenvalue weighted by Gasteiger charge is 2.27. The molecule has 1 aliphatic rings. The number of rotatable bonds is 3. The van der Waals surface area contributed by atoms with E-state index in [1.807, 2.05) is 6.07 Å². The molecule has 0 unspecified atom stereocenters. The monoisotopic (exact) mass is 246 g/mol. The lowest BCUT2D eigenvalue weighted by Gasteiger charge is -2.27. The predicted octanol–water partition coefficient (Wildman–Crippen LogP) is 1.78. The van der Waals surface area contributed by atoms with Gasteiger partial charge in [0.05, 0.1) is 5.54 Å². The van der Waals surface area contributed by atoms with E-state index >= 15 is 0 Å². The third-order valence-corrected chi connectivity index (χ3v) is 3.34. The van der Waals surface area contributed by atoms with Gasteiger partial charge in [0.25, 0.3) is 0 Å². The molecule has 96 valence electrons. The Kier molecular flexibility index (Phi) is 4.11. The van der Waals surface area contributed by atoms with E-state index in [9.17, 15) is 0 Å². The van der Waals surface area contributed by atoms with Crippen LogP contribution in [0.5, 0.6) is 6.01 Å². The predicted molar refractivity (Wildman–Crippen MR) is 66.9 cm³/mol. The topological polar surface area (TPSA) is 84.8 Å². The van der Waals surface area contributed by atoms with Gasteiger partial charge in [0, 0.05) is 6.20 Å². The highest BCUT2D eigenvalue weighted by atomic mass is 16.5. The molecule has 0 spiro atoms. The lowest BCUT2D eigenvalue weighted by atomic mass is 9.93. The van der Waals surface area contributed by atoms with E-state index in [1.54, 1.807) is 6.07 Å². The molecule has 1 aromatic rings. The summed E-state index contributed by atoms with van der Waals surface area (Å²) in [7, 11) is 0. The molecular formula is C13H18N4O. The van der Waals surface area contributed by atoms with Gasteiger partial charge in [-0.3, -0.25) is 0 Å². The molecule has 0 aromatic carbocycles. The third kappa shape index (κ3) is 3.41. The smallest absolute Gasteiger partial charge is 0.317 e. The van der Waals surface area contributed by atoms with Crippen LogP contribution in [-0.2, 0) is 0 Å². The van der Waals surface area contributed by atoms with Crippen LogP contribution in [0.1, 0.15) is 44.2 Å². The molecule has 1 aliphatic carbocycles. The molecule has 0 amide bonds. The van der Waals surface area contributed by atoms with Crippen LogP contribution in [0.25, 0.3) is 0 Å². The largest absolute Gasteiger partial charge is 0.461 e. The summed E-state index contributed by atoms with van der Waals surface area (Å²) >= 11 is 0. The molecule has 0 radical (unpaired) electrons. The Labute approximate surface area is 107 Å². The molecule has 2 N–H and O–H groups in total. The van der Waals surface area contributed by atoms with Crippen LogP contribution in [0.2, 0.25) is 0 Å². The lowest BCUT2D eigenvalue weighted by molar-refractivity contribution is 0.187. The Bertz CT molecular complexity index is 433. The molecule has 18 heavy (non-hydrogen) atoms. The number of nitriles is 1. The Balaban J connectivity index is 1.95. The van der Waals surface area contributed by atoms with Crippen molar-refractivity contribution in [1.82, 2.24) is 9.97 Å². The molecular weight excluding hydrogens is 228 g/mol. The zero-order valence-corrected chi connectivity index (χ0v) is 10.4. The van der Waals surface area contributed by atoms with E-state index in [0.29, 0.717) is 12.3 Å². The number of ether oxygens (including phenoxy) is 1. The van der Waals surface area contributed by atoms with Crippen molar-refractivity contribution in [3.63, 3.8) is 0 Å². The van der Waals surface area contributed by atoms with Crippen LogP contribution >= 0.6 is 0 Å². The molecule has 1 heterocycles. The fourth-order valence-corrected chi connectivity index (χ4v) is 2.26. The standard InChI is InChI=1S/C13H18N4O/c14-9-11-5-8-16-12(17-11)18-10-13(15)6-3-1-2-4-7-13/h5,8H,1-4,6-7,10,15H2. The fraction of sp³-hybridized carbons (Fsp3) is 0.615. The van der Waals surface area contributed by atoms with Crippen molar-refractivity contribution >= 4 is 0 Å². The number of hydrogen-bond donors (Lipinski definition) is 1. The first-order chi connectivity index (χ1) is 8.72. The molecule has 5 nitrogen and oxygen atoms in total. The molecule has 0 atom stereocenters. The van der Waals surface area contributed by atoms with Gasteiger partial charge in [-0.2, -0.15) is 10.2 Å². The first-order valence-corrected chi connectivity index (χ1v) is 6.37. The summed E-state index contributed by atoms with van der Waals surface area (Å²) in [6, 6.07) is 3.75. The average molecular weight is 246 g/mol. The van der Waals surface area contributed by atoms with Crippen molar-refractivity contribution in [2.24, 2.45) is 5.73 Å². The van der Waals surface area contributed by atoms with Gasteiger partial charge in [-0.1, -0.05) is 25.7 Å².